The Hall–Kier alpha value is -2.30. The fraction of sp³-hybridized carbons (Fsp3) is 0.375. The molecule has 0 radical (unpaired) electrons. The van der Waals surface area contributed by atoms with Gasteiger partial charge in [-0.2, -0.15) is 0 Å². The van der Waals surface area contributed by atoms with Gasteiger partial charge in [-0.05, 0) is 56.5 Å². The summed E-state index contributed by atoms with van der Waals surface area (Å²) in [6.45, 7) is 0. The Labute approximate surface area is 176 Å². The highest BCUT2D eigenvalue weighted by Gasteiger charge is 2.39. The summed E-state index contributed by atoms with van der Waals surface area (Å²) in [6.07, 6.45) is 4.55. The molecule has 1 aromatic heterocycles. The molecular formula is C24H26ClN3O. The molecule has 5 heteroatoms. The normalized spacial score (nSPS) is 24.2. The van der Waals surface area contributed by atoms with Gasteiger partial charge >= 0.3 is 0 Å². The zero-order valence-electron chi connectivity index (χ0n) is 16.9. The number of aromatic nitrogens is 1. The Kier molecular flexibility index (Phi) is 4.64. The summed E-state index contributed by atoms with van der Waals surface area (Å²) >= 11 is 6.31. The van der Waals surface area contributed by atoms with Gasteiger partial charge < -0.3 is 14.8 Å². The zero-order chi connectivity index (χ0) is 20.1. The number of halogens is 1. The van der Waals surface area contributed by atoms with E-state index < -0.39 is 0 Å². The third kappa shape index (κ3) is 3.15. The Morgan fingerprint density at radius 3 is 2.41 bits per heavy atom. The topological polar surface area (TPSA) is 37.3 Å². The SMILES string of the molecule is CN1[C@@H]2CC[C@H]1CC(NC(=O)c1c(-c3ccccc3)n(C)c3ccc(Cl)cc13)C2. The summed E-state index contributed by atoms with van der Waals surface area (Å²) < 4.78 is 2.11. The molecule has 3 heterocycles. The van der Waals surface area contributed by atoms with Crippen LogP contribution in [0.1, 0.15) is 36.0 Å². The van der Waals surface area contributed by atoms with Crippen LogP contribution in [0.2, 0.25) is 5.02 Å². The molecule has 150 valence electrons. The van der Waals surface area contributed by atoms with E-state index in [0.29, 0.717) is 17.1 Å². The van der Waals surface area contributed by atoms with Crippen molar-refractivity contribution >= 4 is 28.4 Å². The molecule has 2 saturated heterocycles. The largest absolute Gasteiger partial charge is 0.349 e. The van der Waals surface area contributed by atoms with Gasteiger partial charge in [0.05, 0.1) is 11.3 Å². The number of aryl methyl sites for hydroxylation is 1. The van der Waals surface area contributed by atoms with Crippen molar-refractivity contribution in [1.29, 1.82) is 0 Å². The van der Waals surface area contributed by atoms with Crippen LogP contribution in [-0.2, 0) is 7.05 Å². The second-order valence-corrected chi connectivity index (χ2v) is 8.94. The van der Waals surface area contributed by atoms with E-state index in [9.17, 15) is 4.79 Å². The first-order chi connectivity index (χ1) is 14.0. The minimum Gasteiger partial charge on any atom is -0.349 e. The van der Waals surface area contributed by atoms with Crippen LogP contribution >= 0.6 is 11.6 Å². The molecule has 0 saturated carbocycles. The molecule has 3 aromatic rings. The predicted octanol–water partition coefficient (Wildman–Crippen LogP) is 4.85. The number of benzene rings is 2. The van der Waals surface area contributed by atoms with Gasteiger partial charge in [-0.1, -0.05) is 41.9 Å². The molecule has 2 aliphatic rings. The Balaban J connectivity index is 1.56. The minimum absolute atomic E-state index is 0.00525. The molecule has 1 amide bonds. The van der Waals surface area contributed by atoms with Gasteiger partial charge in [0.25, 0.3) is 5.91 Å². The smallest absolute Gasteiger partial charge is 0.254 e. The minimum atomic E-state index is 0.00525. The Morgan fingerprint density at radius 2 is 1.72 bits per heavy atom. The molecule has 2 aromatic carbocycles. The highest BCUT2D eigenvalue weighted by Crippen LogP contribution is 2.37. The fourth-order valence-electron chi connectivity index (χ4n) is 5.37. The molecule has 0 spiro atoms. The summed E-state index contributed by atoms with van der Waals surface area (Å²) in [5.41, 5.74) is 3.72. The molecule has 2 aliphatic heterocycles. The van der Waals surface area contributed by atoms with Crippen LogP contribution in [0.4, 0.5) is 0 Å². The maximum atomic E-state index is 13.6. The number of piperidine rings is 1. The molecule has 1 N–H and O–H groups in total. The maximum absolute atomic E-state index is 13.6. The fourth-order valence-corrected chi connectivity index (χ4v) is 5.54. The standard InChI is InChI=1S/C24H26ClN3O/c1-27-18-9-10-19(27)14-17(13-18)26-24(29)22-20-12-16(25)8-11-21(20)28(2)23(22)15-6-4-3-5-7-15/h3-8,11-12,17-19H,9-10,13-14H2,1-2H3,(H,26,29)/t17?,18-,19+. The van der Waals surface area contributed by atoms with Crippen molar-refractivity contribution in [2.45, 2.75) is 43.8 Å². The van der Waals surface area contributed by atoms with Crippen molar-refractivity contribution in [1.82, 2.24) is 14.8 Å². The number of hydrogen-bond donors (Lipinski definition) is 1. The monoisotopic (exact) mass is 407 g/mol. The van der Waals surface area contributed by atoms with Crippen molar-refractivity contribution < 1.29 is 4.79 Å². The number of hydrogen-bond acceptors (Lipinski definition) is 2. The first kappa shape index (κ1) is 18.7. The van der Waals surface area contributed by atoms with Gasteiger partial charge in [0.2, 0.25) is 0 Å². The number of rotatable bonds is 3. The number of nitrogens with one attached hydrogen (secondary N) is 1. The van der Waals surface area contributed by atoms with E-state index in [1.165, 1.54) is 12.8 Å². The summed E-state index contributed by atoms with van der Waals surface area (Å²) in [7, 11) is 4.24. The van der Waals surface area contributed by atoms with Gasteiger partial charge in [-0.25, -0.2) is 0 Å². The molecule has 4 nitrogen and oxygen atoms in total. The van der Waals surface area contributed by atoms with Gasteiger partial charge in [0, 0.05) is 41.1 Å². The summed E-state index contributed by atoms with van der Waals surface area (Å²) in [5, 5.41) is 4.93. The summed E-state index contributed by atoms with van der Waals surface area (Å²) in [5.74, 6) is 0.00525. The Bertz CT molecular complexity index is 1060. The van der Waals surface area contributed by atoms with Crippen LogP contribution in [-0.4, -0.2) is 40.5 Å². The molecule has 2 fully saturated rings. The number of carbonyl (C=O) groups is 1. The molecule has 5 rings (SSSR count). The lowest BCUT2D eigenvalue weighted by molar-refractivity contribution is 0.0884. The third-order valence-electron chi connectivity index (χ3n) is 6.87. The lowest BCUT2D eigenvalue weighted by Crippen LogP contribution is -2.48. The van der Waals surface area contributed by atoms with Crippen molar-refractivity contribution in [2.75, 3.05) is 7.05 Å². The van der Waals surface area contributed by atoms with Crippen LogP contribution in [0.15, 0.2) is 48.5 Å². The number of amides is 1. The molecule has 2 bridgehead atoms. The van der Waals surface area contributed by atoms with E-state index in [0.717, 1.165) is 40.6 Å². The summed E-state index contributed by atoms with van der Waals surface area (Å²) in [6, 6.07) is 17.3. The van der Waals surface area contributed by atoms with Crippen molar-refractivity contribution in [3.05, 3.63) is 59.1 Å². The van der Waals surface area contributed by atoms with Crippen molar-refractivity contribution in [3.63, 3.8) is 0 Å². The van der Waals surface area contributed by atoms with Gasteiger partial charge in [-0.15, -0.1) is 0 Å². The third-order valence-corrected chi connectivity index (χ3v) is 7.10. The maximum Gasteiger partial charge on any atom is 0.254 e. The van der Waals surface area contributed by atoms with Crippen LogP contribution in [0.5, 0.6) is 0 Å². The van der Waals surface area contributed by atoms with E-state index in [1.54, 1.807) is 0 Å². The molecular weight excluding hydrogens is 382 g/mol. The van der Waals surface area contributed by atoms with E-state index in [4.69, 9.17) is 11.6 Å². The first-order valence-electron chi connectivity index (χ1n) is 10.4. The van der Waals surface area contributed by atoms with Crippen LogP contribution in [0.25, 0.3) is 22.2 Å². The van der Waals surface area contributed by atoms with Crippen LogP contribution in [0, 0.1) is 0 Å². The lowest BCUT2D eigenvalue weighted by Gasteiger charge is -2.36. The van der Waals surface area contributed by atoms with Crippen LogP contribution in [0.3, 0.4) is 0 Å². The number of fused-ring (bicyclic) bond motifs is 3. The van der Waals surface area contributed by atoms with E-state index in [1.807, 2.05) is 43.4 Å². The Morgan fingerprint density at radius 1 is 1.03 bits per heavy atom. The molecule has 29 heavy (non-hydrogen) atoms. The van der Waals surface area contributed by atoms with Crippen molar-refractivity contribution in [2.24, 2.45) is 7.05 Å². The first-order valence-corrected chi connectivity index (χ1v) is 10.8. The molecule has 3 atom stereocenters. The van der Waals surface area contributed by atoms with Gasteiger partial charge in [0.15, 0.2) is 0 Å². The van der Waals surface area contributed by atoms with Crippen molar-refractivity contribution in [3.8, 4) is 11.3 Å². The highest BCUT2D eigenvalue weighted by molar-refractivity contribution is 6.31. The van der Waals surface area contributed by atoms with E-state index in [-0.39, 0.29) is 11.9 Å². The van der Waals surface area contributed by atoms with E-state index >= 15 is 0 Å². The predicted molar refractivity (Wildman–Crippen MR) is 118 cm³/mol. The van der Waals surface area contributed by atoms with Gasteiger partial charge in [-0.3, -0.25) is 4.79 Å². The number of carbonyl (C=O) groups excluding carboxylic acids is 1. The second-order valence-electron chi connectivity index (χ2n) is 8.50. The zero-order valence-corrected chi connectivity index (χ0v) is 17.6. The molecule has 0 aliphatic carbocycles. The summed E-state index contributed by atoms with van der Waals surface area (Å²) in [4.78, 5) is 16.1. The van der Waals surface area contributed by atoms with E-state index in [2.05, 4.69) is 34.0 Å². The second kappa shape index (κ2) is 7.19. The highest BCUT2D eigenvalue weighted by atomic mass is 35.5. The van der Waals surface area contributed by atoms with Crippen LogP contribution < -0.4 is 5.32 Å². The van der Waals surface area contributed by atoms with Gasteiger partial charge in [0.1, 0.15) is 0 Å². The molecule has 1 unspecified atom stereocenters. The average molecular weight is 408 g/mol. The lowest BCUT2D eigenvalue weighted by atomic mass is 9.97. The average Bonchev–Trinajstić information content (AvgIpc) is 3.09. The number of nitrogens with zero attached hydrogens (tertiary/aromatic N) is 2. The quantitative estimate of drug-likeness (QED) is 0.673.